The summed E-state index contributed by atoms with van der Waals surface area (Å²) in [5.41, 5.74) is -0.644. The molecule has 10 atom stereocenters. The Bertz CT molecular complexity index is 778. The Hall–Kier alpha value is -1.44. The number of aliphatic hydroxyl groups is 2. The average molecular weight is 437 g/mol. The number of fused-ring (bicyclic) bond motifs is 1. The van der Waals surface area contributed by atoms with Crippen LogP contribution in [0.2, 0.25) is 0 Å². The fraction of sp³-hybridized carbons (Fsp3) is 0.833. The summed E-state index contributed by atoms with van der Waals surface area (Å²) in [5.74, 6) is -1.75. The lowest BCUT2D eigenvalue weighted by Gasteiger charge is -2.46. The predicted molar refractivity (Wildman–Crippen MR) is 111 cm³/mol. The number of ether oxygens (including phenoxy) is 3. The van der Waals surface area contributed by atoms with E-state index in [-0.39, 0.29) is 23.7 Å². The maximum atomic E-state index is 11.9. The zero-order valence-corrected chi connectivity index (χ0v) is 19.2. The lowest BCUT2D eigenvalue weighted by molar-refractivity contribution is -0.226. The number of carbonyl (C=O) groups excluding carboxylic acids is 2. The summed E-state index contributed by atoms with van der Waals surface area (Å²) in [6, 6.07) is 0. The third-order valence-electron chi connectivity index (χ3n) is 8.67. The maximum absolute atomic E-state index is 11.9. The first-order valence-corrected chi connectivity index (χ1v) is 11.5. The van der Waals surface area contributed by atoms with Gasteiger partial charge in [-0.05, 0) is 49.0 Å². The first kappa shape index (κ1) is 22.7. The molecule has 0 spiro atoms. The molecule has 0 aromatic carbocycles. The summed E-state index contributed by atoms with van der Waals surface area (Å²) >= 11 is 0. The number of rotatable bonds is 3. The molecule has 4 aliphatic rings. The van der Waals surface area contributed by atoms with E-state index in [0.717, 1.165) is 6.42 Å². The molecule has 1 saturated heterocycles. The highest BCUT2D eigenvalue weighted by Gasteiger charge is 2.74. The highest BCUT2D eigenvalue weighted by molar-refractivity contribution is 5.66. The molecule has 0 radical (unpaired) electrons. The van der Waals surface area contributed by atoms with Crippen LogP contribution in [0.1, 0.15) is 60.3 Å². The average Bonchev–Trinajstić information content (AvgIpc) is 3.24. The zero-order chi connectivity index (χ0) is 22.9. The Morgan fingerprint density at radius 2 is 1.81 bits per heavy atom. The van der Waals surface area contributed by atoms with E-state index in [4.69, 9.17) is 14.2 Å². The third-order valence-corrected chi connectivity index (χ3v) is 8.67. The van der Waals surface area contributed by atoms with Crippen molar-refractivity contribution in [1.82, 2.24) is 0 Å². The first-order chi connectivity index (χ1) is 14.4. The lowest BCUT2D eigenvalue weighted by atomic mass is 9.60. The van der Waals surface area contributed by atoms with Crippen molar-refractivity contribution >= 4 is 11.9 Å². The standard InChI is InChI=1S/C24H36O7/c1-11(2)24-8-7-23(22(31-24)30-15(6)26)10-13(4)18(27)16-9-12(3)20(29-14(5)25)17(16)19(28)21(23)24/h11-12,16-22,27-28H,4,7-10H2,1-3,5-6H3. The molecule has 0 aromatic heterocycles. The summed E-state index contributed by atoms with van der Waals surface area (Å²) < 4.78 is 17.8. The largest absolute Gasteiger partial charge is 0.462 e. The van der Waals surface area contributed by atoms with E-state index in [2.05, 4.69) is 20.4 Å². The molecule has 7 nitrogen and oxygen atoms in total. The second-order valence-electron chi connectivity index (χ2n) is 10.7. The lowest BCUT2D eigenvalue weighted by Crippen LogP contribution is -2.54. The SMILES string of the molecule is C=C1CC23CCC(C(C)C)(OC2OC(C)=O)C3C(O)C2C(CC(C)C2OC(C)=O)C1O. The predicted octanol–water partition coefficient (Wildman–Crippen LogP) is 2.58. The van der Waals surface area contributed by atoms with Gasteiger partial charge in [-0.1, -0.05) is 27.4 Å². The van der Waals surface area contributed by atoms with Gasteiger partial charge < -0.3 is 24.4 Å². The van der Waals surface area contributed by atoms with Crippen LogP contribution in [0.3, 0.4) is 0 Å². The summed E-state index contributed by atoms with van der Waals surface area (Å²) in [6.45, 7) is 13.1. The Balaban J connectivity index is 1.84. The molecule has 2 bridgehead atoms. The van der Waals surface area contributed by atoms with Crippen molar-refractivity contribution in [2.24, 2.45) is 35.0 Å². The first-order valence-electron chi connectivity index (χ1n) is 11.5. The van der Waals surface area contributed by atoms with Gasteiger partial charge in [0.05, 0.1) is 17.8 Å². The van der Waals surface area contributed by atoms with Crippen LogP contribution in [0.15, 0.2) is 12.2 Å². The zero-order valence-electron chi connectivity index (χ0n) is 19.2. The number of esters is 2. The van der Waals surface area contributed by atoms with E-state index in [0.29, 0.717) is 24.8 Å². The van der Waals surface area contributed by atoms with Crippen molar-refractivity contribution in [3.63, 3.8) is 0 Å². The minimum absolute atomic E-state index is 0.00397. The van der Waals surface area contributed by atoms with Crippen molar-refractivity contribution < 1.29 is 34.0 Å². The molecule has 1 aliphatic heterocycles. The van der Waals surface area contributed by atoms with Crippen molar-refractivity contribution in [2.75, 3.05) is 0 Å². The number of aliphatic hydroxyl groups excluding tert-OH is 2. The van der Waals surface area contributed by atoms with Crippen LogP contribution in [0.4, 0.5) is 0 Å². The fourth-order valence-electron chi connectivity index (χ4n) is 7.50. The summed E-state index contributed by atoms with van der Waals surface area (Å²) in [5, 5.41) is 23.2. The maximum Gasteiger partial charge on any atom is 0.304 e. The highest BCUT2D eigenvalue weighted by Crippen LogP contribution is 2.69. The number of hydrogen-bond donors (Lipinski definition) is 2. The molecule has 10 unspecified atom stereocenters. The number of hydrogen-bond acceptors (Lipinski definition) is 7. The Labute approximate surface area is 184 Å². The molecule has 0 amide bonds. The Morgan fingerprint density at radius 1 is 1.16 bits per heavy atom. The molecule has 7 heteroatoms. The summed E-state index contributed by atoms with van der Waals surface area (Å²) in [6.07, 6.45) is -0.474. The Kier molecular flexibility index (Phi) is 5.55. The van der Waals surface area contributed by atoms with Crippen LogP contribution in [-0.2, 0) is 23.8 Å². The van der Waals surface area contributed by atoms with Crippen LogP contribution in [0, 0.1) is 35.0 Å². The molecule has 3 aliphatic carbocycles. The molecular weight excluding hydrogens is 400 g/mol. The van der Waals surface area contributed by atoms with E-state index in [1.807, 2.05) is 6.92 Å². The monoisotopic (exact) mass is 436 g/mol. The van der Waals surface area contributed by atoms with Gasteiger partial charge in [-0.2, -0.15) is 0 Å². The topological polar surface area (TPSA) is 102 Å². The van der Waals surface area contributed by atoms with Crippen molar-refractivity contribution in [2.45, 2.75) is 90.5 Å². The van der Waals surface area contributed by atoms with Gasteiger partial charge >= 0.3 is 11.9 Å². The van der Waals surface area contributed by atoms with Gasteiger partial charge in [0.25, 0.3) is 0 Å². The minimum atomic E-state index is -0.868. The van der Waals surface area contributed by atoms with Crippen molar-refractivity contribution in [3.8, 4) is 0 Å². The van der Waals surface area contributed by atoms with Gasteiger partial charge in [0.2, 0.25) is 6.29 Å². The highest BCUT2D eigenvalue weighted by atomic mass is 16.7. The van der Waals surface area contributed by atoms with Crippen LogP contribution in [0.25, 0.3) is 0 Å². The third kappa shape index (κ3) is 3.18. The second-order valence-corrected chi connectivity index (χ2v) is 10.7. The minimum Gasteiger partial charge on any atom is -0.462 e. The van der Waals surface area contributed by atoms with Gasteiger partial charge in [-0.3, -0.25) is 9.59 Å². The van der Waals surface area contributed by atoms with Gasteiger partial charge in [-0.25, -0.2) is 0 Å². The molecule has 3 saturated carbocycles. The van der Waals surface area contributed by atoms with Crippen LogP contribution < -0.4 is 0 Å². The van der Waals surface area contributed by atoms with Gasteiger partial charge in [0.1, 0.15) is 6.10 Å². The quantitative estimate of drug-likeness (QED) is 0.518. The molecular formula is C24H36O7. The molecule has 1 heterocycles. The van der Waals surface area contributed by atoms with E-state index in [9.17, 15) is 19.8 Å². The van der Waals surface area contributed by atoms with E-state index >= 15 is 0 Å². The molecule has 4 rings (SSSR count). The number of carbonyl (C=O) groups is 2. The van der Waals surface area contributed by atoms with Gasteiger partial charge in [-0.15, -0.1) is 0 Å². The van der Waals surface area contributed by atoms with Crippen molar-refractivity contribution in [1.29, 1.82) is 0 Å². The molecule has 4 fully saturated rings. The van der Waals surface area contributed by atoms with E-state index in [1.165, 1.54) is 13.8 Å². The second kappa shape index (κ2) is 7.56. The molecule has 31 heavy (non-hydrogen) atoms. The molecule has 174 valence electrons. The smallest absolute Gasteiger partial charge is 0.304 e. The van der Waals surface area contributed by atoms with Crippen molar-refractivity contribution in [3.05, 3.63) is 12.2 Å². The summed E-state index contributed by atoms with van der Waals surface area (Å²) in [7, 11) is 0. The van der Waals surface area contributed by atoms with Crippen LogP contribution in [0.5, 0.6) is 0 Å². The van der Waals surface area contributed by atoms with E-state index in [1.54, 1.807) is 0 Å². The van der Waals surface area contributed by atoms with Gasteiger partial charge in [0, 0.05) is 31.1 Å². The fourth-order valence-corrected chi connectivity index (χ4v) is 7.50. The molecule has 0 aromatic rings. The van der Waals surface area contributed by atoms with Gasteiger partial charge in [0.15, 0.2) is 0 Å². The normalized spacial score (nSPS) is 48.7. The van der Waals surface area contributed by atoms with E-state index < -0.39 is 53.5 Å². The van der Waals surface area contributed by atoms with Crippen LogP contribution >= 0.6 is 0 Å². The Morgan fingerprint density at radius 3 is 2.39 bits per heavy atom. The molecule has 2 N–H and O–H groups in total. The summed E-state index contributed by atoms with van der Waals surface area (Å²) in [4.78, 5) is 23.8. The van der Waals surface area contributed by atoms with Crippen LogP contribution in [-0.4, -0.2) is 52.4 Å².